The van der Waals surface area contributed by atoms with Crippen LogP contribution in [-0.2, 0) is 18.0 Å². The first-order chi connectivity index (χ1) is 12.3. The maximum Gasteiger partial charge on any atom is 0.425 e. The summed E-state index contributed by atoms with van der Waals surface area (Å²) < 4.78 is 39.9. The minimum atomic E-state index is -4.36. The van der Waals surface area contributed by atoms with Gasteiger partial charge >= 0.3 is 6.18 Å². The Labute approximate surface area is 151 Å². The molecule has 26 heavy (non-hydrogen) atoms. The van der Waals surface area contributed by atoms with Gasteiger partial charge in [-0.1, -0.05) is 18.4 Å². The molecule has 3 nitrogen and oxygen atoms in total. The molecule has 0 saturated heterocycles. The summed E-state index contributed by atoms with van der Waals surface area (Å²) in [4.78, 5) is 11.1. The van der Waals surface area contributed by atoms with Crippen LogP contribution in [0.2, 0.25) is 0 Å². The van der Waals surface area contributed by atoms with Crippen molar-refractivity contribution in [1.29, 1.82) is 0 Å². The predicted molar refractivity (Wildman–Crippen MR) is 97.0 cm³/mol. The number of benzene rings is 1. The molecule has 0 fully saturated rings. The molecule has 0 aliphatic rings. The zero-order chi connectivity index (χ0) is 18.9. The van der Waals surface area contributed by atoms with E-state index >= 15 is 0 Å². The van der Waals surface area contributed by atoms with Crippen LogP contribution in [0.4, 0.5) is 18.9 Å². The normalized spacial score (nSPS) is 11.1. The van der Waals surface area contributed by atoms with Crippen LogP contribution in [0.1, 0.15) is 15.3 Å². The number of thiophene rings is 1. The second kappa shape index (κ2) is 6.73. The molecule has 0 aliphatic heterocycles. The minimum absolute atomic E-state index is 0.328. The maximum absolute atomic E-state index is 12.7. The Bertz CT molecular complexity index is 1060. The van der Waals surface area contributed by atoms with E-state index in [4.69, 9.17) is 0 Å². The second-order valence-corrected chi connectivity index (χ2v) is 6.57. The standard InChI is InChI=1S/C19H13F3N2OS/c1-3-18(25)23-13-5-8-16-15(10-13)12(11-24(16)2)4-6-14-7-9-17(26-14)19(20,21)22/h3,5,7-11H,1H2,2H3,(H,23,25). The monoisotopic (exact) mass is 374 g/mol. The van der Waals surface area contributed by atoms with Crippen molar-refractivity contribution in [3.63, 3.8) is 0 Å². The quantitative estimate of drug-likeness (QED) is 0.508. The summed E-state index contributed by atoms with van der Waals surface area (Å²) in [6.07, 6.45) is -1.39. The molecule has 0 spiro atoms. The number of carbonyl (C=O) groups excluding carboxylic acids is 1. The van der Waals surface area contributed by atoms with E-state index in [0.717, 1.165) is 17.0 Å². The lowest BCUT2D eigenvalue weighted by molar-refractivity contribution is -0.134. The number of halogens is 3. The van der Waals surface area contributed by atoms with E-state index in [-0.39, 0.29) is 5.91 Å². The van der Waals surface area contributed by atoms with Crippen LogP contribution < -0.4 is 5.32 Å². The van der Waals surface area contributed by atoms with Crippen LogP contribution in [0.5, 0.6) is 0 Å². The molecule has 1 amide bonds. The van der Waals surface area contributed by atoms with Crippen molar-refractivity contribution in [1.82, 2.24) is 4.57 Å². The SMILES string of the molecule is C=CC(=O)Nc1ccc2c(c1)c(C#Cc1ccc(C(F)(F)F)s1)cn2C. The molecule has 2 heterocycles. The Hall–Kier alpha value is -2.98. The number of aryl methyl sites for hydroxylation is 1. The van der Waals surface area contributed by atoms with Gasteiger partial charge in [-0.05, 0) is 36.4 Å². The highest BCUT2D eigenvalue weighted by Crippen LogP contribution is 2.34. The van der Waals surface area contributed by atoms with Gasteiger partial charge in [0.05, 0.1) is 10.4 Å². The summed E-state index contributed by atoms with van der Waals surface area (Å²) in [7, 11) is 1.85. The first kappa shape index (κ1) is 17.8. The molecular formula is C19H13F3N2OS. The Morgan fingerprint density at radius 3 is 2.69 bits per heavy atom. The molecule has 2 aromatic heterocycles. The van der Waals surface area contributed by atoms with Crippen LogP contribution in [0, 0.1) is 11.8 Å². The molecule has 3 rings (SSSR count). The Kier molecular flexibility index (Phi) is 4.62. The number of aromatic nitrogens is 1. The van der Waals surface area contributed by atoms with E-state index in [1.807, 2.05) is 17.7 Å². The Morgan fingerprint density at radius 1 is 1.27 bits per heavy atom. The molecule has 0 bridgehead atoms. The summed E-state index contributed by atoms with van der Waals surface area (Å²) in [5.74, 6) is 5.38. The number of fused-ring (bicyclic) bond motifs is 1. The lowest BCUT2D eigenvalue weighted by Gasteiger charge is -2.03. The molecule has 0 unspecified atom stereocenters. The van der Waals surface area contributed by atoms with E-state index < -0.39 is 11.1 Å². The molecular weight excluding hydrogens is 361 g/mol. The van der Waals surface area contributed by atoms with Crippen molar-refractivity contribution < 1.29 is 18.0 Å². The lowest BCUT2D eigenvalue weighted by Crippen LogP contribution is -2.06. The first-order valence-electron chi connectivity index (χ1n) is 7.49. The van der Waals surface area contributed by atoms with Gasteiger partial charge in [-0.25, -0.2) is 0 Å². The highest BCUT2D eigenvalue weighted by Gasteiger charge is 2.32. The summed E-state index contributed by atoms with van der Waals surface area (Å²) in [6.45, 7) is 3.41. The topological polar surface area (TPSA) is 34.0 Å². The summed E-state index contributed by atoms with van der Waals surface area (Å²) in [5.41, 5.74) is 2.15. The van der Waals surface area contributed by atoms with Gasteiger partial charge in [-0.3, -0.25) is 4.79 Å². The van der Waals surface area contributed by atoms with Crippen molar-refractivity contribution in [3.8, 4) is 11.8 Å². The number of nitrogens with one attached hydrogen (secondary N) is 1. The van der Waals surface area contributed by atoms with Crippen LogP contribution in [0.25, 0.3) is 10.9 Å². The van der Waals surface area contributed by atoms with Gasteiger partial charge in [-0.15, -0.1) is 11.3 Å². The molecule has 3 aromatic rings. The van der Waals surface area contributed by atoms with E-state index in [0.29, 0.717) is 27.5 Å². The average Bonchev–Trinajstić information content (AvgIpc) is 3.18. The van der Waals surface area contributed by atoms with Gasteiger partial charge < -0.3 is 9.88 Å². The van der Waals surface area contributed by atoms with Crippen LogP contribution in [0.15, 0.2) is 49.2 Å². The number of hydrogen-bond donors (Lipinski definition) is 1. The fourth-order valence-electron chi connectivity index (χ4n) is 2.45. The third-order valence-electron chi connectivity index (χ3n) is 3.65. The molecule has 1 aromatic carbocycles. The first-order valence-corrected chi connectivity index (χ1v) is 8.31. The van der Waals surface area contributed by atoms with Crippen LogP contribution >= 0.6 is 11.3 Å². The lowest BCUT2D eigenvalue weighted by atomic mass is 10.1. The third-order valence-corrected chi connectivity index (χ3v) is 4.69. The Morgan fingerprint density at radius 2 is 2.04 bits per heavy atom. The van der Waals surface area contributed by atoms with Gasteiger partial charge in [-0.2, -0.15) is 13.2 Å². The van der Waals surface area contributed by atoms with Crippen LogP contribution in [0.3, 0.4) is 0 Å². The van der Waals surface area contributed by atoms with Gasteiger partial charge in [0.2, 0.25) is 5.91 Å². The summed E-state index contributed by atoms with van der Waals surface area (Å²) in [6, 6.07) is 7.76. The predicted octanol–water partition coefficient (Wildman–Crippen LogP) is 4.78. The van der Waals surface area contributed by atoms with Gasteiger partial charge in [0.25, 0.3) is 0 Å². The number of anilines is 1. The molecule has 132 valence electrons. The molecule has 0 atom stereocenters. The zero-order valence-corrected chi connectivity index (χ0v) is 14.5. The highest BCUT2D eigenvalue weighted by atomic mass is 32.1. The zero-order valence-electron chi connectivity index (χ0n) is 13.6. The molecule has 0 saturated carbocycles. The smallest absolute Gasteiger partial charge is 0.349 e. The number of amides is 1. The number of rotatable bonds is 2. The number of nitrogens with zero attached hydrogens (tertiary/aromatic N) is 1. The number of hydrogen-bond acceptors (Lipinski definition) is 2. The van der Waals surface area contributed by atoms with Crippen molar-refractivity contribution >= 4 is 33.8 Å². The van der Waals surface area contributed by atoms with E-state index in [2.05, 4.69) is 23.7 Å². The molecule has 0 aliphatic carbocycles. The average molecular weight is 374 g/mol. The van der Waals surface area contributed by atoms with E-state index in [1.54, 1.807) is 18.3 Å². The number of carbonyl (C=O) groups is 1. The fraction of sp³-hybridized carbons (Fsp3) is 0.105. The highest BCUT2D eigenvalue weighted by molar-refractivity contribution is 7.12. The van der Waals surface area contributed by atoms with Crippen molar-refractivity contribution in [2.24, 2.45) is 7.05 Å². The number of alkyl halides is 3. The summed E-state index contributed by atoms with van der Waals surface area (Å²) in [5, 5.41) is 3.48. The van der Waals surface area contributed by atoms with E-state index in [1.165, 1.54) is 12.1 Å². The minimum Gasteiger partial charge on any atom is -0.349 e. The maximum atomic E-state index is 12.7. The van der Waals surface area contributed by atoms with Crippen molar-refractivity contribution in [2.45, 2.75) is 6.18 Å². The summed E-state index contributed by atoms with van der Waals surface area (Å²) >= 11 is 0.612. The van der Waals surface area contributed by atoms with E-state index in [9.17, 15) is 18.0 Å². The van der Waals surface area contributed by atoms with Gasteiger partial charge in [0, 0.05) is 29.8 Å². The molecule has 7 heteroatoms. The largest absolute Gasteiger partial charge is 0.425 e. The van der Waals surface area contributed by atoms with Crippen LogP contribution in [-0.4, -0.2) is 10.5 Å². The molecule has 0 radical (unpaired) electrons. The Balaban J connectivity index is 1.98. The third kappa shape index (κ3) is 3.65. The van der Waals surface area contributed by atoms with Gasteiger partial charge in [0.1, 0.15) is 4.88 Å². The fourth-order valence-corrected chi connectivity index (χ4v) is 3.18. The van der Waals surface area contributed by atoms with Crippen molar-refractivity contribution in [2.75, 3.05) is 5.32 Å². The second-order valence-electron chi connectivity index (χ2n) is 5.49. The van der Waals surface area contributed by atoms with Crippen molar-refractivity contribution in [3.05, 3.63) is 64.5 Å². The van der Waals surface area contributed by atoms with Gasteiger partial charge in [0.15, 0.2) is 0 Å². The molecule has 1 N–H and O–H groups in total.